The van der Waals surface area contributed by atoms with Crippen LogP contribution in [0.3, 0.4) is 0 Å². The van der Waals surface area contributed by atoms with Gasteiger partial charge in [-0.25, -0.2) is 4.98 Å². The molecule has 0 radical (unpaired) electrons. The fourth-order valence-corrected chi connectivity index (χ4v) is 3.86. The van der Waals surface area contributed by atoms with Gasteiger partial charge in [0, 0.05) is 30.6 Å². The minimum Gasteiger partial charge on any atom is -0.364 e. The Morgan fingerprint density at radius 1 is 1.44 bits per heavy atom. The summed E-state index contributed by atoms with van der Waals surface area (Å²) in [5.74, 6) is -0.439. The molecule has 2 fully saturated rings. The number of carbonyl (C=O) groups is 1. The van der Waals surface area contributed by atoms with Gasteiger partial charge in [-0.2, -0.15) is 0 Å². The first kappa shape index (κ1) is 11.9. The van der Waals surface area contributed by atoms with Gasteiger partial charge < -0.3 is 10.6 Å². The highest BCUT2D eigenvalue weighted by molar-refractivity contribution is 7.13. The third-order valence-electron chi connectivity index (χ3n) is 4.16. The number of aromatic nitrogens is 1. The molecule has 5 nitrogen and oxygen atoms in total. The van der Waals surface area contributed by atoms with Crippen molar-refractivity contribution in [3.63, 3.8) is 0 Å². The zero-order valence-electron chi connectivity index (χ0n) is 10.5. The fourth-order valence-electron chi connectivity index (χ4n) is 3.01. The van der Waals surface area contributed by atoms with Crippen LogP contribution in [0, 0.1) is 0 Å². The van der Waals surface area contributed by atoms with Crippen LogP contribution in [0.15, 0.2) is 5.38 Å². The zero-order valence-corrected chi connectivity index (χ0v) is 11.3. The summed E-state index contributed by atoms with van der Waals surface area (Å²) >= 11 is 1.52. The monoisotopic (exact) mass is 266 g/mol. The summed E-state index contributed by atoms with van der Waals surface area (Å²) in [5.41, 5.74) is 5.64. The highest BCUT2D eigenvalue weighted by atomic mass is 32.1. The van der Waals surface area contributed by atoms with E-state index in [1.807, 2.05) is 0 Å². The summed E-state index contributed by atoms with van der Waals surface area (Å²) in [6, 6.07) is 1.34. The molecule has 98 valence electrons. The number of likely N-dealkylation sites (N-methyl/N-ethyl adjacent to an activating group) is 1. The molecule has 2 aliphatic heterocycles. The second kappa shape index (κ2) is 4.51. The molecule has 2 aliphatic rings. The smallest absolute Gasteiger partial charge is 0.268 e. The van der Waals surface area contributed by atoms with Gasteiger partial charge in [-0.1, -0.05) is 0 Å². The van der Waals surface area contributed by atoms with Gasteiger partial charge in [-0.05, 0) is 26.3 Å². The van der Waals surface area contributed by atoms with Gasteiger partial charge >= 0.3 is 0 Å². The Bertz CT molecular complexity index is 461. The maximum Gasteiger partial charge on any atom is 0.268 e. The average Bonchev–Trinajstić information content (AvgIpc) is 2.86. The first-order valence-corrected chi connectivity index (χ1v) is 7.25. The van der Waals surface area contributed by atoms with Gasteiger partial charge in [0.25, 0.3) is 5.91 Å². The molecular weight excluding hydrogens is 248 g/mol. The molecule has 2 N–H and O–H groups in total. The molecule has 0 aliphatic carbocycles. The van der Waals surface area contributed by atoms with E-state index in [9.17, 15) is 4.79 Å². The third-order valence-corrected chi connectivity index (χ3v) is 5.06. The average molecular weight is 266 g/mol. The number of thiazole rings is 1. The van der Waals surface area contributed by atoms with Crippen molar-refractivity contribution in [3.05, 3.63) is 11.1 Å². The maximum atomic E-state index is 11.1. The zero-order chi connectivity index (χ0) is 12.7. The molecule has 1 amide bonds. The molecule has 18 heavy (non-hydrogen) atoms. The van der Waals surface area contributed by atoms with Crippen LogP contribution >= 0.6 is 11.3 Å². The minimum atomic E-state index is -0.439. The number of hydrogen-bond donors (Lipinski definition) is 1. The van der Waals surface area contributed by atoms with Gasteiger partial charge in [0.1, 0.15) is 5.69 Å². The lowest BCUT2D eigenvalue weighted by Crippen LogP contribution is -2.36. The number of rotatable bonds is 2. The van der Waals surface area contributed by atoms with E-state index in [1.165, 1.54) is 30.6 Å². The van der Waals surface area contributed by atoms with E-state index in [4.69, 9.17) is 5.73 Å². The quantitative estimate of drug-likeness (QED) is 0.864. The number of hydrogen-bond acceptors (Lipinski definition) is 5. The minimum absolute atomic E-state index is 0.387. The second-order valence-corrected chi connectivity index (χ2v) is 6.00. The summed E-state index contributed by atoms with van der Waals surface area (Å²) in [7, 11) is 2.22. The summed E-state index contributed by atoms with van der Waals surface area (Å²) in [5, 5.41) is 2.69. The van der Waals surface area contributed by atoms with Crippen molar-refractivity contribution in [1.29, 1.82) is 0 Å². The van der Waals surface area contributed by atoms with Crippen molar-refractivity contribution < 1.29 is 4.79 Å². The predicted molar refractivity (Wildman–Crippen MR) is 72.0 cm³/mol. The Kier molecular flexibility index (Phi) is 2.99. The molecule has 1 aromatic heterocycles. The molecule has 3 rings (SSSR count). The summed E-state index contributed by atoms with van der Waals surface area (Å²) in [6.45, 7) is 2.04. The number of nitrogens with zero attached hydrogens (tertiary/aromatic N) is 3. The van der Waals surface area contributed by atoms with E-state index >= 15 is 0 Å². The lowest BCUT2D eigenvalue weighted by molar-refractivity contribution is 0.0996. The van der Waals surface area contributed by atoms with Crippen LogP contribution in [0.25, 0.3) is 0 Å². The van der Waals surface area contributed by atoms with Crippen LogP contribution in [0.5, 0.6) is 0 Å². The number of carbonyl (C=O) groups excluding carboxylic acids is 1. The molecule has 3 heterocycles. The molecule has 6 heteroatoms. The molecule has 1 aromatic rings. The van der Waals surface area contributed by atoms with Crippen LogP contribution in [-0.2, 0) is 0 Å². The van der Waals surface area contributed by atoms with E-state index in [-0.39, 0.29) is 0 Å². The molecule has 0 unspecified atom stereocenters. The largest absolute Gasteiger partial charge is 0.364 e. The van der Waals surface area contributed by atoms with E-state index in [1.54, 1.807) is 5.38 Å². The van der Waals surface area contributed by atoms with Gasteiger partial charge in [-0.3, -0.25) is 9.69 Å². The van der Waals surface area contributed by atoms with E-state index in [2.05, 4.69) is 21.8 Å². The third kappa shape index (κ3) is 1.99. The van der Waals surface area contributed by atoms with Crippen LogP contribution in [0.2, 0.25) is 0 Å². The predicted octanol–water partition coefficient (Wildman–Crippen LogP) is 0.915. The molecular formula is C12H18N4OS. The van der Waals surface area contributed by atoms with E-state index < -0.39 is 5.91 Å². The van der Waals surface area contributed by atoms with Crippen LogP contribution in [-0.4, -0.2) is 48.0 Å². The van der Waals surface area contributed by atoms with Crippen molar-refractivity contribution in [2.45, 2.75) is 31.3 Å². The molecule has 0 aromatic carbocycles. The fraction of sp³-hybridized carbons (Fsp3) is 0.667. The topological polar surface area (TPSA) is 62.5 Å². The van der Waals surface area contributed by atoms with Crippen molar-refractivity contribution in [2.75, 3.05) is 25.0 Å². The standard InChI is InChI=1S/C12H18N4OS/c1-15-8-2-3-9(15)6-16(5-4-8)12-14-10(7-18-12)11(13)17/h7-9H,2-6H2,1H3,(H2,13,17)/t8-,9+/m1/s1. The number of nitrogens with two attached hydrogens (primary N) is 1. The van der Waals surface area contributed by atoms with Crippen molar-refractivity contribution >= 4 is 22.4 Å². The number of amides is 1. The van der Waals surface area contributed by atoms with Gasteiger partial charge in [0.15, 0.2) is 5.13 Å². The Morgan fingerprint density at radius 3 is 2.94 bits per heavy atom. The van der Waals surface area contributed by atoms with Crippen molar-refractivity contribution in [2.24, 2.45) is 5.73 Å². The molecule has 0 saturated carbocycles. The normalized spacial score (nSPS) is 28.4. The first-order valence-electron chi connectivity index (χ1n) is 6.37. The highest BCUT2D eigenvalue weighted by Gasteiger charge is 2.35. The molecule has 2 saturated heterocycles. The van der Waals surface area contributed by atoms with Crippen LogP contribution < -0.4 is 10.6 Å². The van der Waals surface area contributed by atoms with Gasteiger partial charge in [0.05, 0.1) is 0 Å². The number of fused-ring (bicyclic) bond motifs is 2. The van der Waals surface area contributed by atoms with E-state index in [0.29, 0.717) is 11.7 Å². The van der Waals surface area contributed by atoms with Crippen LogP contribution in [0.1, 0.15) is 29.8 Å². The SMILES string of the molecule is CN1[C@@H]2CC[C@H]1CN(c1nc(C(N)=O)cs1)CC2. The summed E-state index contributed by atoms with van der Waals surface area (Å²) in [6.07, 6.45) is 3.77. The Balaban J connectivity index is 1.78. The summed E-state index contributed by atoms with van der Waals surface area (Å²) in [4.78, 5) is 20.2. The molecule has 2 bridgehead atoms. The Labute approximate surface area is 111 Å². The summed E-state index contributed by atoms with van der Waals surface area (Å²) < 4.78 is 0. The second-order valence-electron chi connectivity index (χ2n) is 5.16. The van der Waals surface area contributed by atoms with E-state index in [0.717, 1.165) is 24.3 Å². The first-order chi connectivity index (χ1) is 8.65. The van der Waals surface area contributed by atoms with Gasteiger partial charge in [-0.15, -0.1) is 11.3 Å². The van der Waals surface area contributed by atoms with Crippen molar-refractivity contribution in [1.82, 2.24) is 9.88 Å². The highest BCUT2D eigenvalue weighted by Crippen LogP contribution is 2.31. The van der Waals surface area contributed by atoms with Gasteiger partial charge in [0.2, 0.25) is 0 Å². The van der Waals surface area contributed by atoms with Crippen molar-refractivity contribution in [3.8, 4) is 0 Å². The molecule has 0 spiro atoms. The maximum absolute atomic E-state index is 11.1. The van der Waals surface area contributed by atoms with Crippen LogP contribution in [0.4, 0.5) is 5.13 Å². The number of primary amides is 1. The Hall–Kier alpha value is -1.14. The lowest BCUT2D eigenvalue weighted by Gasteiger charge is -2.25. The Morgan fingerprint density at radius 2 is 2.22 bits per heavy atom. The molecule has 2 atom stereocenters. The number of anilines is 1. The lowest BCUT2D eigenvalue weighted by atomic mass is 10.1.